The van der Waals surface area contributed by atoms with E-state index in [1.54, 1.807) is 48.7 Å². The van der Waals surface area contributed by atoms with Gasteiger partial charge in [-0.25, -0.2) is 9.78 Å². The van der Waals surface area contributed by atoms with Crippen LogP contribution in [-0.2, 0) is 17.8 Å². The number of anilines is 5. The van der Waals surface area contributed by atoms with E-state index >= 15 is 0 Å². The second-order valence-electron chi connectivity index (χ2n) is 14.5. The summed E-state index contributed by atoms with van der Waals surface area (Å²) in [5.41, 5.74) is 5.52. The Morgan fingerprint density at radius 2 is 1.79 bits per heavy atom. The molecule has 1 atom stereocenters. The number of aromatic nitrogens is 4. The van der Waals surface area contributed by atoms with E-state index in [2.05, 4.69) is 35.9 Å². The van der Waals surface area contributed by atoms with Crippen molar-refractivity contribution in [1.82, 2.24) is 25.3 Å². The monoisotopic (exact) mass is 782 g/mol. The number of hydrogen-bond acceptors (Lipinski definition) is 10. The first kappa shape index (κ1) is 38.9. The number of aryl methyl sites for hydroxylation is 2. The summed E-state index contributed by atoms with van der Waals surface area (Å²) in [6.45, 7) is 7.96. The molecule has 0 fully saturated rings. The zero-order valence-electron chi connectivity index (χ0n) is 32.6. The van der Waals surface area contributed by atoms with Crippen molar-refractivity contribution in [3.8, 4) is 5.75 Å². The molecule has 4 amide bonds. The molecule has 0 bridgehead atoms. The lowest BCUT2D eigenvalue weighted by molar-refractivity contribution is -0.385. The predicted octanol–water partition coefficient (Wildman–Crippen LogP) is 7.21. The second kappa shape index (κ2) is 16.4. The van der Waals surface area contributed by atoms with Crippen LogP contribution in [0.15, 0.2) is 91.4 Å². The van der Waals surface area contributed by atoms with Gasteiger partial charge in [0.15, 0.2) is 5.75 Å². The maximum absolute atomic E-state index is 14.2. The van der Waals surface area contributed by atoms with Crippen LogP contribution < -0.4 is 30.5 Å². The molecule has 0 saturated carbocycles. The van der Waals surface area contributed by atoms with E-state index < -0.39 is 22.8 Å². The highest BCUT2D eigenvalue weighted by Crippen LogP contribution is 2.34. The number of nitro groups is 1. The minimum absolute atomic E-state index is 0.0415. The zero-order valence-corrected chi connectivity index (χ0v) is 32.6. The minimum atomic E-state index is -1.09. The molecular formula is C42H42N10O6. The number of amides is 4. The summed E-state index contributed by atoms with van der Waals surface area (Å²) in [5.74, 6) is -0.312. The summed E-state index contributed by atoms with van der Waals surface area (Å²) in [6.07, 6.45) is 5.27. The smallest absolute Gasteiger partial charge is 0.330 e. The summed E-state index contributed by atoms with van der Waals surface area (Å²) >= 11 is 0. The van der Waals surface area contributed by atoms with Gasteiger partial charge in [0.2, 0.25) is 11.9 Å². The molecule has 3 aromatic heterocycles. The van der Waals surface area contributed by atoms with Gasteiger partial charge in [0, 0.05) is 71.4 Å². The van der Waals surface area contributed by atoms with E-state index in [1.807, 2.05) is 64.1 Å². The average molecular weight is 783 g/mol. The maximum atomic E-state index is 14.2. The van der Waals surface area contributed by atoms with Crippen LogP contribution in [0.5, 0.6) is 5.75 Å². The van der Waals surface area contributed by atoms with Crippen molar-refractivity contribution in [2.75, 3.05) is 34.1 Å². The highest BCUT2D eigenvalue weighted by atomic mass is 16.6. The van der Waals surface area contributed by atoms with Crippen LogP contribution in [0, 0.1) is 29.9 Å². The van der Waals surface area contributed by atoms with Crippen LogP contribution in [0.4, 0.5) is 39.3 Å². The molecule has 296 valence electrons. The maximum Gasteiger partial charge on any atom is 0.330 e. The number of carbonyl (C=O) groups is 3. The fourth-order valence-electron chi connectivity index (χ4n) is 6.59. The Morgan fingerprint density at radius 1 is 1.00 bits per heavy atom. The standard InChI is InChI=1S/C42H42N10O6/c1-24(2)23-58-37-17-27(12-15-35(37)52(56)57)39(53)48-34(16-28-19-44-33-9-7-6-8-32(28)33)40(54)46-30-13-10-25(3)36(18-30)51-22-29-20-45-41(49-38(29)50(5)42(51)55)47-31-14-11-26(4)43-21-31/h6-15,17-21,24,34,44H,16,22-23H2,1-5H3,(H,46,54)(H,48,53)(H,45,47,49)/t34-/m0/s1. The van der Waals surface area contributed by atoms with Crippen molar-refractivity contribution in [2.24, 2.45) is 5.92 Å². The first-order valence-corrected chi connectivity index (χ1v) is 18.6. The number of urea groups is 1. The number of H-pyrrole nitrogens is 1. The summed E-state index contributed by atoms with van der Waals surface area (Å²) < 4.78 is 5.70. The molecule has 1 aliphatic rings. The number of nitrogens with zero attached hydrogens (tertiary/aromatic N) is 6. The Kier molecular flexibility index (Phi) is 11.0. The lowest BCUT2D eigenvalue weighted by Crippen LogP contribution is -2.46. The Bertz CT molecular complexity index is 2540. The van der Waals surface area contributed by atoms with E-state index in [9.17, 15) is 24.5 Å². The highest BCUT2D eigenvalue weighted by Gasteiger charge is 2.32. The first-order chi connectivity index (χ1) is 27.8. The normalized spacial score (nSPS) is 13.0. The van der Waals surface area contributed by atoms with Gasteiger partial charge in [0.25, 0.3) is 5.91 Å². The number of aromatic amines is 1. The van der Waals surface area contributed by atoms with Crippen molar-refractivity contribution >= 4 is 63.3 Å². The number of pyridine rings is 1. The van der Waals surface area contributed by atoms with Crippen LogP contribution in [-0.4, -0.2) is 62.4 Å². The van der Waals surface area contributed by atoms with Gasteiger partial charge in [0.1, 0.15) is 11.9 Å². The van der Waals surface area contributed by atoms with Crippen molar-refractivity contribution in [2.45, 2.75) is 46.7 Å². The summed E-state index contributed by atoms with van der Waals surface area (Å²) in [6, 6.07) is 19.1. The number of nitro benzene ring substituents is 1. The van der Waals surface area contributed by atoms with Crippen molar-refractivity contribution in [3.05, 3.63) is 129 Å². The molecule has 0 unspecified atom stereocenters. The number of rotatable bonds is 13. The highest BCUT2D eigenvalue weighted by molar-refractivity contribution is 6.06. The number of benzene rings is 3. The molecule has 6 aromatic rings. The van der Waals surface area contributed by atoms with Gasteiger partial charge in [-0.1, -0.05) is 38.1 Å². The largest absolute Gasteiger partial charge is 0.487 e. The van der Waals surface area contributed by atoms with Crippen LogP contribution in [0.1, 0.15) is 46.6 Å². The molecule has 16 heteroatoms. The van der Waals surface area contributed by atoms with E-state index in [4.69, 9.17) is 4.74 Å². The Labute approximate surface area is 333 Å². The van der Waals surface area contributed by atoms with Gasteiger partial charge in [-0.15, -0.1) is 0 Å². The fourth-order valence-corrected chi connectivity index (χ4v) is 6.59. The van der Waals surface area contributed by atoms with E-state index in [1.165, 1.54) is 23.1 Å². The third kappa shape index (κ3) is 8.40. The molecule has 0 aliphatic carbocycles. The number of ether oxygens (including phenoxy) is 1. The molecule has 7 rings (SSSR count). The topological polar surface area (TPSA) is 201 Å². The number of nitrogens with one attached hydrogen (secondary N) is 4. The molecular weight excluding hydrogens is 741 g/mol. The molecule has 3 aromatic carbocycles. The van der Waals surface area contributed by atoms with Crippen molar-refractivity contribution in [3.63, 3.8) is 0 Å². The van der Waals surface area contributed by atoms with Gasteiger partial charge in [-0.2, -0.15) is 4.98 Å². The molecule has 0 saturated heterocycles. The number of hydrogen-bond donors (Lipinski definition) is 4. The Hall–Kier alpha value is -7.36. The zero-order chi connectivity index (χ0) is 41.1. The van der Waals surface area contributed by atoms with Gasteiger partial charge < -0.3 is 25.7 Å². The lowest BCUT2D eigenvalue weighted by Gasteiger charge is -2.35. The van der Waals surface area contributed by atoms with Crippen molar-refractivity contribution in [1.29, 1.82) is 0 Å². The first-order valence-electron chi connectivity index (χ1n) is 18.6. The molecule has 58 heavy (non-hydrogen) atoms. The quantitative estimate of drug-likeness (QED) is 0.0685. The van der Waals surface area contributed by atoms with Crippen LogP contribution in [0.25, 0.3) is 10.9 Å². The second-order valence-corrected chi connectivity index (χ2v) is 14.5. The summed E-state index contributed by atoms with van der Waals surface area (Å²) in [5, 5.41) is 21.5. The van der Waals surface area contributed by atoms with Gasteiger partial charge in [-0.05, 0) is 67.3 Å². The molecule has 16 nitrogen and oxygen atoms in total. The third-order valence-electron chi connectivity index (χ3n) is 9.65. The molecule has 1 aliphatic heterocycles. The number of para-hydroxylation sites is 1. The lowest BCUT2D eigenvalue weighted by atomic mass is 10.0. The fraction of sp³-hybridized carbons (Fsp3) is 0.238. The molecule has 4 heterocycles. The predicted molar refractivity (Wildman–Crippen MR) is 221 cm³/mol. The third-order valence-corrected chi connectivity index (χ3v) is 9.65. The van der Waals surface area contributed by atoms with Crippen LogP contribution in [0.2, 0.25) is 0 Å². The van der Waals surface area contributed by atoms with Crippen LogP contribution in [0.3, 0.4) is 0 Å². The van der Waals surface area contributed by atoms with Gasteiger partial charge >= 0.3 is 11.7 Å². The molecule has 0 radical (unpaired) electrons. The SMILES string of the molecule is Cc1ccc(Nc2ncc3c(n2)N(C)C(=O)N(c2cc(NC(=O)[C@H](Cc4c[nH]c5ccccc45)NC(=O)c4ccc([N+](=O)[O-])c(OCC(C)C)c4)ccc2C)C3)cn1. The molecule has 4 N–H and O–H groups in total. The average Bonchev–Trinajstić information content (AvgIpc) is 3.62. The number of carbonyl (C=O) groups excluding carboxylic acids is 3. The minimum Gasteiger partial charge on any atom is -0.487 e. The molecule has 0 spiro atoms. The van der Waals surface area contributed by atoms with E-state index in [-0.39, 0.29) is 48.5 Å². The van der Waals surface area contributed by atoms with E-state index in [0.29, 0.717) is 34.4 Å². The van der Waals surface area contributed by atoms with Gasteiger partial charge in [0.05, 0.1) is 35.6 Å². The number of fused-ring (bicyclic) bond motifs is 2. The summed E-state index contributed by atoms with van der Waals surface area (Å²) in [4.78, 5) is 72.6. The Balaban J connectivity index is 1.13. The summed E-state index contributed by atoms with van der Waals surface area (Å²) in [7, 11) is 1.64. The Morgan fingerprint density at radius 3 is 2.55 bits per heavy atom. The van der Waals surface area contributed by atoms with Crippen LogP contribution >= 0.6 is 0 Å². The van der Waals surface area contributed by atoms with Gasteiger partial charge in [-0.3, -0.25) is 34.5 Å². The van der Waals surface area contributed by atoms with Crippen molar-refractivity contribution < 1.29 is 24.0 Å². The van der Waals surface area contributed by atoms with E-state index in [0.717, 1.165) is 27.7 Å².